The Balaban J connectivity index is 2.01. The Morgan fingerprint density at radius 1 is 1.41 bits per heavy atom. The number of hydrogen-bond acceptors (Lipinski definition) is 4. The van der Waals surface area contributed by atoms with Crippen molar-refractivity contribution in [1.82, 2.24) is 4.90 Å². The summed E-state index contributed by atoms with van der Waals surface area (Å²) in [5.74, 6) is 1.66. The summed E-state index contributed by atoms with van der Waals surface area (Å²) in [4.78, 5) is 2.36. The minimum absolute atomic E-state index is 0.170. The Bertz CT molecular complexity index is 656. The van der Waals surface area contributed by atoms with E-state index < -0.39 is 11.7 Å². The lowest BCUT2D eigenvalue weighted by Gasteiger charge is -2.44. The third-order valence-electron chi connectivity index (χ3n) is 5.67. The monoisotopic (exact) mass is 301 g/mol. The van der Waals surface area contributed by atoms with Crippen LogP contribution in [-0.4, -0.2) is 42.4 Å². The summed E-state index contributed by atoms with van der Waals surface area (Å²) in [7, 11) is 3.85. The molecule has 4 rings (SSSR count). The summed E-state index contributed by atoms with van der Waals surface area (Å²) in [5, 5.41) is 10.1. The molecule has 1 aliphatic carbocycles. The molecule has 2 aliphatic heterocycles. The molecule has 0 saturated carbocycles. The zero-order valence-electron chi connectivity index (χ0n) is 13.4. The van der Waals surface area contributed by atoms with Gasteiger partial charge in [-0.1, -0.05) is 18.2 Å². The third kappa shape index (κ3) is 1.65. The predicted octanol–water partition coefficient (Wildman–Crippen LogP) is 2.24. The van der Waals surface area contributed by atoms with E-state index in [0.717, 1.165) is 31.0 Å². The van der Waals surface area contributed by atoms with Gasteiger partial charge in [-0.15, -0.1) is 0 Å². The van der Waals surface area contributed by atoms with Gasteiger partial charge in [0.2, 0.25) is 0 Å². The Morgan fingerprint density at radius 2 is 2.23 bits per heavy atom. The molecule has 4 heteroatoms. The molecule has 3 aliphatic rings. The van der Waals surface area contributed by atoms with Crippen LogP contribution in [0.2, 0.25) is 0 Å². The van der Waals surface area contributed by atoms with Gasteiger partial charge in [0.15, 0.2) is 11.5 Å². The summed E-state index contributed by atoms with van der Waals surface area (Å²) >= 11 is 0. The number of methoxy groups -OCH3 is 1. The van der Waals surface area contributed by atoms with Gasteiger partial charge in [-0.3, -0.25) is 0 Å². The first-order valence-electron chi connectivity index (χ1n) is 7.94. The number of aliphatic hydroxyl groups is 1. The average molecular weight is 301 g/mol. The molecule has 0 amide bonds. The maximum Gasteiger partial charge on any atom is 0.166 e. The van der Waals surface area contributed by atoms with E-state index in [-0.39, 0.29) is 5.41 Å². The topological polar surface area (TPSA) is 41.9 Å². The average Bonchev–Trinajstić information content (AvgIpc) is 2.64. The second-order valence-corrected chi connectivity index (χ2v) is 7.05. The lowest BCUT2D eigenvalue weighted by molar-refractivity contribution is -0.00138. The van der Waals surface area contributed by atoms with Crippen molar-refractivity contribution in [3.05, 3.63) is 35.4 Å². The number of benzene rings is 1. The van der Waals surface area contributed by atoms with Crippen LogP contribution in [0.3, 0.4) is 0 Å². The minimum Gasteiger partial charge on any atom is -0.493 e. The lowest BCUT2D eigenvalue weighted by atomic mass is 9.62. The van der Waals surface area contributed by atoms with Gasteiger partial charge in [0.05, 0.1) is 18.6 Å². The highest BCUT2D eigenvalue weighted by atomic mass is 16.5. The summed E-state index contributed by atoms with van der Waals surface area (Å²) in [5.41, 5.74) is 1.98. The first kappa shape index (κ1) is 14.1. The minimum atomic E-state index is -0.444. The Kier molecular flexibility index (Phi) is 2.88. The predicted molar refractivity (Wildman–Crippen MR) is 84.4 cm³/mol. The second kappa shape index (κ2) is 4.49. The van der Waals surface area contributed by atoms with Crippen LogP contribution in [0.15, 0.2) is 24.3 Å². The Morgan fingerprint density at radius 3 is 3.00 bits per heavy atom. The molecule has 3 unspecified atom stereocenters. The standard InChI is InChI=1S/C18H23NO3/c1-17-10-13(20)6-7-18(17)8-9-19(2)11-12-4-5-14(21-3)16(22-17)15(12)18/h4-7,13,20H,8-11H2,1-3H3. The Labute approximate surface area is 131 Å². The van der Waals surface area contributed by atoms with Crippen LogP contribution >= 0.6 is 0 Å². The van der Waals surface area contributed by atoms with Crippen molar-refractivity contribution in [1.29, 1.82) is 0 Å². The molecule has 1 aromatic rings. The molecule has 3 atom stereocenters. The highest BCUT2D eigenvalue weighted by Crippen LogP contribution is 2.60. The molecule has 0 fully saturated rings. The molecule has 2 heterocycles. The lowest BCUT2D eigenvalue weighted by Crippen LogP contribution is -2.52. The summed E-state index contributed by atoms with van der Waals surface area (Å²) < 4.78 is 12.0. The van der Waals surface area contributed by atoms with Crippen LogP contribution in [0, 0.1) is 0 Å². The van der Waals surface area contributed by atoms with E-state index in [0.29, 0.717) is 6.42 Å². The molecule has 0 bridgehead atoms. The van der Waals surface area contributed by atoms with Gasteiger partial charge in [0.1, 0.15) is 5.60 Å². The van der Waals surface area contributed by atoms with Gasteiger partial charge in [0, 0.05) is 18.5 Å². The number of ether oxygens (including phenoxy) is 2. The number of aliphatic hydroxyl groups excluding tert-OH is 1. The maximum atomic E-state index is 10.1. The van der Waals surface area contributed by atoms with Crippen molar-refractivity contribution in [2.75, 3.05) is 20.7 Å². The van der Waals surface area contributed by atoms with E-state index in [4.69, 9.17) is 9.47 Å². The van der Waals surface area contributed by atoms with Gasteiger partial charge >= 0.3 is 0 Å². The fourth-order valence-electron chi connectivity index (χ4n) is 4.50. The van der Waals surface area contributed by atoms with E-state index in [1.165, 1.54) is 11.1 Å². The highest BCUT2D eigenvalue weighted by Gasteiger charge is 2.60. The van der Waals surface area contributed by atoms with Gasteiger partial charge < -0.3 is 19.5 Å². The number of nitrogens with zero attached hydrogens (tertiary/aromatic N) is 1. The molecule has 22 heavy (non-hydrogen) atoms. The van der Waals surface area contributed by atoms with E-state index >= 15 is 0 Å². The van der Waals surface area contributed by atoms with Crippen LogP contribution in [0.1, 0.15) is 30.9 Å². The molecule has 1 N–H and O–H groups in total. The van der Waals surface area contributed by atoms with Crippen molar-refractivity contribution < 1.29 is 14.6 Å². The summed E-state index contributed by atoms with van der Waals surface area (Å²) in [6, 6.07) is 4.16. The van der Waals surface area contributed by atoms with Gasteiger partial charge in [-0.05, 0) is 38.6 Å². The molecular weight excluding hydrogens is 278 g/mol. The second-order valence-electron chi connectivity index (χ2n) is 7.05. The van der Waals surface area contributed by atoms with E-state index in [1.54, 1.807) is 7.11 Å². The van der Waals surface area contributed by atoms with Crippen LogP contribution in [0.4, 0.5) is 0 Å². The third-order valence-corrected chi connectivity index (χ3v) is 5.67. The van der Waals surface area contributed by atoms with Crippen molar-refractivity contribution >= 4 is 0 Å². The van der Waals surface area contributed by atoms with Gasteiger partial charge in [-0.2, -0.15) is 0 Å². The molecular formula is C18H23NO3. The number of hydrogen-bond donors (Lipinski definition) is 1. The summed E-state index contributed by atoms with van der Waals surface area (Å²) in [6.45, 7) is 4.06. The normalized spacial score (nSPS) is 36.3. The fourth-order valence-corrected chi connectivity index (χ4v) is 4.50. The van der Waals surface area contributed by atoms with Gasteiger partial charge in [-0.25, -0.2) is 0 Å². The van der Waals surface area contributed by atoms with Crippen LogP contribution in [-0.2, 0) is 12.0 Å². The molecule has 0 saturated heterocycles. The zero-order valence-corrected chi connectivity index (χ0v) is 13.4. The first-order chi connectivity index (χ1) is 10.5. The molecule has 4 nitrogen and oxygen atoms in total. The van der Waals surface area contributed by atoms with Crippen molar-refractivity contribution in [2.24, 2.45) is 0 Å². The van der Waals surface area contributed by atoms with Crippen LogP contribution < -0.4 is 9.47 Å². The van der Waals surface area contributed by atoms with E-state index in [2.05, 4.69) is 31.0 Å². The largest absolute Gasteiger partial charge is 0.493 e. The van der Waals surface area contributed by atoms with Gasteiger partial charge in [0.25, 0.3) is 0 Å². The van der Waals surface area contributed by atoms with E-state index in [9.17, 15) is 5.11 Å². The highest BCUT2D eigenvalue weighted by molar-refractivity contribution is 5.62. The molecule has 1 aromatic carbocycles. The van der Waals surface area contributed by atoms with E-state index in [1.807, 2.05) is 12.1 Å². The number of rotatable bonds is 1. The van der Waals surface area contributed by atoms with Crippen molar-refractivity contribution in [3.63, 3.8) is 0 Å². The van der Waals surface area contributed by atoms with Crippen LogP contribution in [0.5, 0.6) is 11.5 Å². The molecule has 0 radical (unpaired) electrons. The van der Waals surface area contributed by atoms with Crippen molar-refractivity contribution in [3.8, 4) is 11.5 Å². The quantitative estimate of drug-likeness (QED) is 0.808. The van der Waals surface area contributed by atoms with Crippen molar-refractivity contribution in [2.45, 2.75) is 43.4 Å². The molecule has 0 aromatic heterocycles. The fraction of sp³-hybridized carbons (Fsp3) is 0.556. The zero-order chi connectivity index (χ0) is 15.5. The molecule has 118 valence electrons. The van der Waals surface area contributed by atoms with Crippen LogP contribution in [0.25, 0.3) is 0 Å². The summed E-state index contributed by atoms with van der Waals surface area (Å²) in [6.07, 6.45) is 5.30. The smallest absolute Gasteiger partial charge is 0.166 e. The SMILES string of the molecule is COc1ccc2c3c1OC1(C)CC(O)C=CC31CCN(C)C2. The maximum absolute atomic E-state index is 10.1. The first-order valence-corrected chi connectivity index (χ1v) is 7.94. The Hall–Kier alpha value is -1.52. The molecule has 1 spiro atoms.